The third kappa shape index (κ3) is 5.09. The second-order valence-electron chi connectivity index (χ2n) is 6.46. The van der Waals surface area contributed by atoms with Crippen molar-refractivity contribution in [1.29, 1.82) is 0 Å². The van der Waals surface area contributed by atoms with Crippen molar-refractivity contribution in [2.45, 2.75) is 33.2 Å². The van der Waals surface area contributed by atoms with Gasteiger partial charge in [-0.05, 0) is 24.3 Å². The molecule has 140 valence electrons. The van der Waals surface area contributed by atoms with Gasteiger partial charge in [0.05, 0.1) is 19.2 Å². The molecule has 0 bridgehead atoms. The molecule has 8 heteroatoms. The number of urea groups is 1. The van der Waals surface area contributed by atoms with Crippen molar-refractivity contribution in [3.63, 3.8) is 0 Å². The van der Waals surface area contributed by atoms with E-state index in [4.69, 9.17) is 15.2 Å². The SMILES string of the molecule is COC(=O)c1c(N)sc2c1CCN(C(=O)NCCCOCC(C)C)C2. The Kier molecular flexibility index (Phi) is 7.07. The summed E-state index contributed by atoms with van der Waals surface area (Å²) in [4.78, 5) is 26.8. The zero-order chi connectivity index (χ0) is 18.4. The maximum Gasteiger partial charge on any atom is 0.341 e. The quantitative estimate of drug-likeness (QED) is 0.568. The number of anilines is 1. The zero-order valence-electron chi connectivity index (χ0n) is 15.1. The number of carbonyl (C=O) groups excluding carboxylic acids is 2. The zero-order valence-corrected chi connectivity index (χ0v) is 15.9. The number of rotatable bonds is 7. The predicted octanol–water partition coefficient (Wildman–Crippen LogP) is 2.25. The second kappa shape index (κ2) is 9.05. The third-order valence-electron chi connectivity index (χ3n) is 3.95. The fraction of sp³-hybridized carbons (Fsp3) is 0.647. The number of hydrogen-bond donors (Lipinski definition) is 2. The van der Waals surface area contributed by atoms with Gasteiger partial charge in [0, 0.05) is 31.2 Å². The molecule has 25 heavy (non-hydrogen) atoms. The number of nitrogens with two attached hydrogens (primary N) is 1. The van der Waals surface area contributed by atoms with Crippen LogP contribution in [0.15, 0.2) is 0 Å². The van der Waals surface area contributed by atoms with Crippen LogP contribution in [0.4, 0.5) is 9.80 Å². The lowest BCUT2D eigenvalue weighted by Crippen LogP contribution is -2.43. The van der Waals surface area contributed by atoms with Gasteiger partial charge in [-0.2, -0.15) is 0 Å². The van der Waals surface area contributed by atoms with Crippen LogP contribution in [-0.2, 0) is 22.4 Å². The Morgan fingerprint density at radius 3 is 2.84 bits per heavy atom. The first kappa shape index (κ1) is 19.5. The molecule has 0 unspecified atom stereocenters. The minimum absolute atomic E-state index is 0.0962. The minimum atomic E-state index is -0.408. The van der Waals surface area contributed by atoms with Gasteiger partial charge in [0.15, 0.2) is 0 Å². The van der Waals surface area contributed by atoms with Gasteiger partial charge >= 0.3 is 12.0 Å². The van der Waals surface area contributed by atoms with Crippen molar-refractivity contribution in [3.05, 3.63) is 16.0 Å². The molecule has 0 saturated heterocycles. The maximum absolute atomic E-state index is 12.3. The summed E-state index contributed by atoms with van der Waals surface area (Å²) in [5.74, 6) is 0.111. The Morgan fingerprint density at radius 2 is 2.16 bits per heavy atom. The molecule has 0 spiro atoms. The van der Waals surface area contributed by atoms with Crippen LogP contribution in [0, 0.1) is 5.92 Å². The van der Waals surface area contributed by atoms with Crippen LogP contribution < -0.4 is 11.1 Å². The van der Waals surface area contributed by atoms with E-state index in [9.17, 15) is 9.59 Å². The summed E-state index contributed by atoms with van der Waals surface area (Å²) in [5, 5.41) is 3.38. The maximum atomic E-state index is 12.3. The molecular formula is C17H27N3O4S. The van der Waals surface area contributed by atoms with Crippen molar-refractivity contribution in [2.24, 2.45) is 5.92 Å². The lowest BCUT2D eigenvalue weighted by molar-refractivity contribution is 0.0600. The lowest BCUT2D eigenvalue weighted by atomic mass is 10.0. The molecule has 0 aliphatic carbocycles. The summed E-state index contributed by atoms with van der Waals surface area (Å²) >= 11 is 1.35. The van der Waals surface area contributed by atoms with E-state index >= 15 is 0 Å². The van der Waals surface area contributed by atoms with Gasteiger partial charge in [0.1, 0.15) is 5.00 Å². The molecule has 2 rings (SSSR count). The molecule has 1 aliphatic heterocycles. The number of fused-ring (bicyclic) bond motifs is 1. The van der Waals surface area contributed by atoms with Gasteiger partial charge in [-0.3, -0.25) is 0 Å². The Bertz CT molecular complexity index is 615. The van der Waals surface area contributed by atoms with Crippen LogP contribution in [-0.4, -0.2) is 50.3 Å². The van der Waals surface area contributed by atoms with Crippen LogP contribution in [0.25, 0.3) is 0 Å². The highest BCUT2D eigenvalue weighted by Gasteiger charge is 2.29. The predicted molar refractivity (Wildman–Crippen MR) is 97.9 cm³/mol. The van der Waals surface area contributed by atoms with Crippen LogP contribution in [0.5, 0.6) is 0 Å². The molecule has 1 aliphatic rings. The van der Waals surface area contributed by atoms with E-state index in [1.165, 1.54) is 18.4 Å². The molecule has 0 radical (unpaired) electrons. The molecule has 2 amide bonds. The summed E-state index contributed by atoms with van der Waals surface area (Å²) in [6.45, 7) is 7.21. The molecule has 3 N–H and O–H groups in total. The molecule has 1 aromatic rings. The molecule has 0 saturated carbocycles. The van der Waals surface area contributed by atoms with Gasteiger partial charge in [0.25, 0.3) is 0 Å². The molecule has 2 heterocycles. The average molecular weight is 369 g/mol. The van der Waals surface area contributed by atoms with Gasteiger partial charge in [-0.1, -0.05) is 13.8 Å². The van der Waals surface area contributed by atoms with Gasteiger partial charge in [0.2, 0.25) is 0 Å². The number of amides is 2. The highest BCUT2D eigenvalue weighted by atomic mass is 32.1. The summed E-state index contributed by atoms with van der Waals surface area (Å²) in [6, 6.07) is -0.0962. The van der Waals surface area contributed by atoms with E-state index in [0.29, 0.717) is 49.1 Å². The van der Waals surface area contributed by atoms with Crippen LogP contribution in [0.2, 0.25) is 0 Å². The van der Waals surface area contributed by atoms with Gasteiger partial charge in [-0.15, -0.1) is 11.3 Å². The van der Waals surface area contributed by atoms with Gasteiger partial charge < -0.3 is 25.4 Å². The molecular weight excluding hydrogens is 342 g/mol. The first-order chi connectivity index (χ1) is 11.9. The smallest absolute Gasteiger partial charge is 0.341 e. The van der Waals surface area contributed by atoms with Crippen LogP contribution in [0.1, 0.15) is 41.1 Å². The monoisotopic (exact) mass is 369 g/mol. The number of nitrogen functional groups attached to an aromatic ring is 1. The van der Waals surface area contributed by atoms with Crippen LogP contribution in [0.3, 0.4) is 0 Å². The van der Waals surface area contributed by atoms with Crippen LogP contribution >= 0.6 is 11.3 Å². The number of ether oxygens (including phenoxy) is 2. The van der Waals surface area contributed by atoms with Gasteiger partial charge in [-0.25, -0.2) is 9.59 Å². The number of thiophene rings is 1. The van der Waals surface area contributed by atoms with Crippen molar-refractivity contribution < 1.29 is 19.1 Å². The van der Waals surface area contributed by atoms with E-state index in [0.717, 1.165) is 23.5 Å². The second-order valence-corrected chi connectivity index (χ2v) is 7.60. The lowest BCUT2D eigenvalue weighted by Gasteiger charge is -2.27. The van der Waals surface area contributed by atoms with E-state index in [-0.39, 0.29) is 6.03 Å². The van der Waals surface area contributed by atoms with Crippen molar-refractivity contribution in [3.8, 4) is 0 Å². The molecule has 0 aromatic carbocycles. The van der Waals surface area contributed by atoms with Crippen molar-refractivity contribution >= 4 is 28.3 Å². The number of esters is 1. The largest absolute Gasteiger partial charge is 0.465 e. The summed E-state index contributed by atoms with van der Waals surface area (Å²) in [6.07, 6.45) is 1.40. The number of nitrogens with zero attached hydrogens (tertiary/aromatic N) is 1. The van der Waals surface area contributed by atoms with E-state index in [1.807, 2.05) is 0 Å². The summed E-state index contributed by atoms with van der Waals surface area (Å²) in [7, 11) is 1.35. The molecule has 7 nitrogen and oxygen atoms in total. The highest BCUT2D eigenvalue weighted by molar-refractivity contribution is 7.16. The first-order valence-corrected chi connectivity index (χ1v) is 9.34. The summed E-state index contributed by atoms with van der Waals surface area (Å²) in [5.41, 5.74) is 7.33. The minimum Gasteiger partial charge on any atom is -0.465 e. The van der Waals surface area contributed by atoms with Crippen molar-refractivity contribution in [1.82, 2.24) is 10.2 Å². The molecule has 1 aromatic heterocycles. The Balaban J connectivity index is 1.82. The topological polar surface area (TPSA) is 93.9 Å². The fourth-order valence-corrected chi connectivity index (χ4v) is 3.85. The number of hydrogen-bond acceptors (Lipinski definition) is 6. The number of carbonyl (C=O) groups is 2. The Hall–Kier alpha value is -1.80. The first-order valence-electron chi connectivity index (χ1n) is 8.52. The van der Waals surface area contributed by atoms with Crippen molar-refractivity contribution in [2.75, 3.05) is 39.1 Å². The van der Waals surface area contributed by atoms with E-state index < -0.39 is 5.97 Å². The number of nitrogens with one attached hydrogen (secondary N) is 1. The van der Waals surface area contributed by atoms with E-state index in [2.05, 4.69) is 19.2 Å². The molecule has 0 atom stereocenters. The number of methoxy groups -OCH3 is 1. The molecule has 0 fully saturated rings. The standard InChI is InChI=1S/C17H27N3O4S/c1-11(2)10-24-8-4-6-19-17(22)20-7-5-12-13(9-20)25-15(18)14(12)16(21)23-3/h11H,4-10,18H2,1-3H3,(H,19,22). The third-order valence-corrected chi connectivity index (χ3v) is 5.00. The average Bonchev–Trinajstić information content (AvgIpc) is 2.91. The summed E-state index contributed by atoms with van der Waals surface area (Å²) < 4.78 is 10.3. The fourth-order valence-electron chi connectivity index (χ4n) is 2.72. The van der Waals surface area contributed by atoms with E-state index in [1.54, 1.807) is 4.90 Å². The Morgan fingerprint density at radius 1 is 1.40 bits per heavy atom. The normalized spacial score (nSPS) is 13.7. The Labute approximate surface area is 152 Å². The highest BCUT2D eigenvalue weighted by Crippen LogP contribution is 2.35.